The predicted octanol–water partition coefficient (Wildman–Crippen LogP) is 2.81. The van der Waals surface area contributed by atoms with Crippen LogP contribution in [0.15, 0.2) is 11.8 Å². The minimum atomic E-state index is -0.377. The predicted molar refractivity (Wildman–Crippen MR) is 51.9 cm³/mol. The summed E-state index contributed by atoms with van der Waals surface area (Å²) in [6.07, 6.45) is 2.62. The van der Waals surface area contributed by atoms with E-state index >= 15 is 0 Å². The van der Waals surface area contributed by atoms with Crippen LogP contribution in [0.25, 0.3) is 4.85 Å². The van der Waals surface area contributed by atoms with Gasteiger partial charge in [-0.05, 0) is 11.8 Å². The van der Waals surface area contributed by atoms with E-state index in [1.54, 1.807) is 6.08 Å². The Morgan fingerprint density at radius 2 is 1.92 bits per heavy atom. The van der Waals surface area contributed by atoms with Gasteiger partial charge in [0.25, 0.3) is 0 Å². The molecule has 0 radical (unpaired) electrons. The summed E-state index contributed by atoms with van der Waals surface area (Å²) in [5.74, 6) is -0.0122. The average molecular weight is 177 g/mol. The molecule has 1 rings (SSSR count). The summed E-state index contributed by atoms with van der Waals surface area (Å²) in [6.45, 7) is 14.9. The Kier molecular flexibility index (Phi) is 2.07. The van der Waals surface area contributed by atoms with E-state index in [0.29, 0.717) is 5.70 Å². The number of hydrogen-bond donors (Lipinski definition) is 0. The molecule has 1 aliphatic carbocycles. The smallest absolute Gasteiger partial charge is 0.226 e. The molecule has 2 heteroatoms. The van der Waals surface area contributed by atoms with E-state index < -0.39 is 0 Å². The second-order valence-corrected chi connectivity index (χ2v) is 5.02. The summed E-state index contributed by atoms with van der Waals surface area (Å²) in [7, 11) is 0. The first-order valence-electron chi connectivity index (χ1n) is 4.44. The highest BCUT2D eigenvalue weighted by molar-refractivity contribution is 6.01. The number of rotatable bonds is 0. The summed E-state index contributed by atoms with van der Waals surface area (Å²) in [6, 6.07) is 0. The van der Waals surface area contributed by atoms with Crippen LogP contribution in [-0.2, 0) is 4.79 Å². The summed E-state index contributed by atoms with van der Waals surface area (Å²) in [5.41, 5.74) is -0.101. The number of hydrogen-bond acceptors (Lipinski definition) is 1. The molecule has 2 nitrogen and oxygen atoms in total. The van der Waals surface area contributed by atoms with Gasteiger partial charge in [0.1, 0.15) is 0 Å². The van der Waals surface area contributed by atoms with Crippen molar-refractivity contribution in [2.45, 2.75) is 34.1 Å². The minimum absolute atomic E-state index is 0.0122. The van der Waals surface area contributed by atoms with Crippen LogP contribution in [0.4, 0.5) is 0 Å². The lowest BCUT2D eigenvalue weighted by atomic mass is 9.67. The quantitative estimate of drug-likeness (QED) is 0.521. The highest BCUT2D eigenvalue weighted by Crippen LogP contribution is 2.42. The summed E-state index contributed by atoms with van der Waals surface area (Å²) in [4.78, 5) is 15.0. The van der Waals surface area contributed by atoms with Gasteiger partial charge in [0.2, 0.25) is 5.70 Å². The molecular formula is C11H15NO. The second-order valence-electron chi connectivity index (χ2n) is 5.02. The van der Waals surface area contributed by atoms with Gasteiger partial charge < -0.3 is 4.79 Å². The molecule has 0 aromatic carbocycles. The monoisotopic (exact) mass is 177 g/mol. The van der Waals surface area contributed by atoms with Gasteiger partial charge in [0.05, 0.1) is 6.57 Å². The summed E-state index contributed by atoms with van der Waals surface area (Å²) < 4.78 is 0. The van der Waals surface area contributed by atoms with Crippen LogP contribution in [0.1, 0.15) is 34.1 Å². The van der Waals surface area contributed by atoms with Gasteiger partial charge in [0, 0.05) is 5.41 Å². The van der Waals surface area contributed by atoms with E-state index in [2.05, 4.69) is 18.7 Å². The van der Waals surface area contributed by atoms with E-state index in [-0.39, 0.29) is 16.6 Å². The molecule has 0 aliphatic heterocycles. The van der Waals surface area contributed by atoms with Crippen molar-refractivity contribution in [2.24, 2.45) is 10.8 Å². The average Bonchev–Trinajstić information content (AvgIpc) is 1.95. The third-order valence-electron chi connectivity index (χ3n) is 2.39. The molecule has 0 aromatic rings. The Morgan fingerprint density at radius 1 is 1.38 bits per heavy atom. The SMILES string of the molecule is [C-]#[N+]C1=CC(C)(C)CC(C)(C)C1=O. The zero-order valence-corrected chi connectivity index (χ0v) is 8.64. The molecule has 0 spiro atoms. The highest BCUT2D eigenvalue weighted by atomic mass is 16.1. The standard InChI is InChI=1S/C11H15NO/c1-10(2)6-8(12-5)9(13)11(3,4)7-10/h6H,7H2,1-4H3. The lowest BCUT2D eigenvalue weighted by molar-refractivity contribution is -0.125. The molecule has 0 unspecified atom stereocenters. The number of ketones is 1. The van der Waals surface area contributed by atoms with Crippen LogP contribution in [0.3, 0.4) is 0 Å². The molecule has 0 saturated carbocycles. The molecule has 0 saturated heterocycles. The van der Waals surface area contributed by atoms with Crippen LogP contribution < -0.4 is 0 Å². The Bertz CT molecular complexity index is 315. The molecule has 0 aromatic heterocycles. The first-order valence-corrected chi connectivity index (χ1v) is 4.44. The molecule has 0 N–H and O–H groups in total. The van der Waals surface area contributed by atoms with Crippen LogP contribution in [-0.4, -0.2) is 5.78 Å². The Labute approximate surface area is 79.5 Å². The van der Waals surface area contributed by atoms with Crippen LogP contribution in [0.5, 0.6) is 0 Å². The molecule has 0 fully saturated rings. The molecule has 0 amide bonds. The zero-order chi connectivity index (χ0) is 10.3. The maximum atomic E-state index is 11.7. The Hall–Kier alpha value is -1.10. The van der Waals surface area contributed by atoms with Crippen molar-refractivity contribution in [3.8, 4) is 0 Å². The maximum Gasteiger partial charge on any atom is 0.226 e. The van der Waals surface area contributed by atoms with E-state index in [1.807, 2.05) is 13.8 Å². The van der Waals surface area contributed by atoms with Gasteiger partial charge in [-0.1, -0.05) is 33.8 Å². The van der Waals surface area contributed by atoms with E-state index in [9.17, 15) is 4.79 Å². The number of nitrogens with zero attached hydrogens (tertiary/aromatic N) is 1. The van der Waals surface area contributed by atoms with Crippen molar-refractivity contribution in [1.29, 1.82) is 0 Å². The van der Waals surface area contributed by atoms with Crippen molar-refractivity contribution in [1.82, 2.24) is 0 Å². The normalized spacial score (nSPS) is 24.8. The number of Topliss-reactive ketones (excluding diaryl/α,β-unsaturated/α-hetero) is 1. The third-order valence-corrected chi connectivity index (χ3v) is 2.39. The van der Waals surface area contributed by atoms with E-state index in [1.165, 1.54) is 0 Å². The molecule has 0 heterocycles. The molecule has 13 heavy (non-hydrogen) atoms. The van der Waals surface area contributed by atoms with E-state index in [0.717, 1.165) is 6.42 Å². The second kappa shape index (κ2) is 2.70. The van der Waals surface area contributed by atoms with Crippen molar-refractivity contribution in [3.63, 3.8) is 0 Å². The molecule has 0 bridgehead atoms. The van der Waals surface area contributed by atoms with E-state index in [4.69, 9.17) is 6.57 Å². The molecule has 0 atom stereocenters. The van der Waals surface area contributed by atoms with Crippen molar-refractivity contribution >= 4 is 5.78 Å². The van der Waals surface area contributed by atoms with Gasteiger partial charge in [-0.3, -0.25) is 0 Å². The largest absolute Gasteiger partial charge is 0.307 e. The Morgan fingerprint density at radius 3 is 2.38 bits per heavy atom. The van der Waals surface area contributed by atoms with Crippen molar-refractivity contribution in [2.75, 3.05) is 0 Å². The fourth-order valence-electron chi connectivity index (χ4n) is 2.14. The van der Waals surface area contributed by atoms with Gasteiger partial charge in [-0.25, -0.2) is 4.85 Å². The first kappa shape index (κ1) is 9.98. The molecule has 70 valence electrons. The fourth-order valence-corrected chi connectivity index (χ4v) is 2.14. The van der Waals surface area contributed by atoms with Crippen molar-refractivity contribution in [3.05, 3.63) is 23.2 Å². The topological polar surface area (TPSA) is 21.4 Å². The van der Waals surface area contributed by atoms with Crippen LogP contribution >= 0.6 is 0 Å². The zero-order valence-electron chi connectivity index (χ0n) is 8.64. The Balaban J connectivity index is 3.19. The van der Waals surface area contributed by atoms with Gasteiger partial charge in [-0.15, -0.1) is 0 Å². The highest BCUT2D eigenvalue weighted by Gasteiger charge is 2.40. The molecule has 1 aliphatic rings. The minimum Gasteiger partial charge on any atom is -0.307 e. The first-order chi connectivity index (χ1) is 5.78. The van der Waals surface area contributed by atoms with Gasteiger partial charge >= 0.3 is 0 Å². The molecular weight excluding hydrogens is 162 g/mol. The van der Waals surface area contributed by atoms with Gasteiger partial charge in [0.15, 0.2) is 5.78 Å². The number of carbonyl (C=O) groups excluding carboxylic acids is 1. The third kappa shape index (κ3) is 1.80. The maximum absolute atomic E-state index is 11.7. The lowest BCUT2D eigenvalue weighted by Gasteiger charge is -2.36. The number of carbonyl (C=O) groups is 1. The summed E-state index contributed by atoms with van der Waals surface area (Å²) in [5, 5.41) is 0. The lowest BCUT2D eigenvalue weighted by Crippen LogP contribution is -2.35. The summed E-state index contributed by atoms with van der Waals surface area (Å²) >= 11 is 0. The van der Waals surface area contributed by atoms with Crippen molar-refractivity contribution < 1.29 is 4.79 Å². The number of allylic oxidation sites excluding steroid dienone is 2. The van der Waals surface area contributed by atoms with Crippen LogP contribution in [0.2, 0.25) is 0 Å². The fraction of sp³-hybridized carbons (Fsp3) is 0.636. The van der Waals surface area contributed by atoms with Crippen LogP contribution in [0, 0.1) is 17.4 Å². The van der Waals surface area contributed by atoms with Gasteiger partial charge in [-0.2, -0.15) is 0 Å².